The van der Waals surface area contributed by atoms with Crippen LogP contribution >= 0.6 is 0 Å². The summed E-state index contributed by atoms with van der Waals surface area (Å²) in [6.45, 7) is 1.06. The maximum Gasteiger partial charge on any atom is 0.259 e. The zero-order chi connectivity index (χ0) is 24.3. The second-order valence-corrected chi connectivity index (χ2v) is 7.38. The number of rotatable bonds is 10. The number of benzene rings is 2. The highest BCUT2D eigenvalue weighted by molar-refractivity contribution is 6.12. The minimum Gasteiger partial charge on any atom is -0.494 e. The second kappa shape index (κ2) is 12.1. The first-order valence-corrected chi connectivity index (χ1v) is 10.9. The van der Waals surface area contributed by atoms with Crippen LogP contribution in [0, 0.1) is 5.41 Å². The van der Waals surface area contributed by atoms with Gasteiger partial charge in [-0.25, -0.2) is 4.98 Å². The predicted molar refractivity (Wildman–Crippen MR) is 133 cm³/mol. The number of nitrogens with zero attached hydrogens (tertiary/aromatic N) is 1. The van der Waals surface area contributed by atoms with Gasteiger partial charge in [-0.3, -0.25) is 15.0 Å². The number of aromatic nitrogens is 1. The fourth-order valence-corrected chi connectivity index (χ4v) is 3.09. The monoisotopic (exact) mass is 460 g/mol. The van der Waals surface area contributed by atoms with Crippen LogP contribution in [0.1, 0.15) is 39.1 Å². The summed E-state index contributed by atoms with van der Waals surface area (Å²) in [5.74, 6) is 0.338. The van der Waals surface area contributed by atoms with Gasteiger partial charge in [0.1, 0.15) is 17.4 Å². The molecule has 34 heavy (non-hydrogen) atoms. The van der Waals surface area contributed by atoms with E-state index in [-0.39, 0.29) is 17.3 Å². The SMILES string of the molecule is CNC(=N)c1ccc(C(=O)Nc2ccc(OCCCCN)cc2C(=O)Nc2ccccn2)cc1. The largest absolute Gasteiger partial charge is 0.494 e. The molecule has 0 saturated carbocycles. The fraction of sp³-hybridized carbons (Fsp3) is 0.200. The summed E-state index contributed by atoms with van der Waals surface area (Å²) in [4.78, 5) is 30.0. The van der Waals surface area contributed by atoms with Crippen molar-refractivity contribution in [3.05, 3.63) is 83.6 Å². The number of hydrogen-bond donors (Lipinski definition) is 5. The van der Waals surface area contributed by atoms with Crippen LogP contribution in [0.5, 0.6) is 5.75 Å². The Hall–Kier alpha value is -4.24. The van der Waals surface area contributed by atoms with Crippen molar-refractivity contribution in [1.29, 1.82) is 5.41 Å². The Morgan fingerprint density at radius 1 is 0.971 bits per heavy atom. The lowest BCUT2D eigenvalue weighted by Crippen LogP contribution is -2.20. The third-order valence-corrected chi connectivity index (χ3v) is 4.94. The average molecular weight is 461 g/mol. The second-order valence-electron chi connectivity index (χ2n) is 7.38. The molecule has 176 valence electrons. The minimum absolute atomic E-state index is 0.240. The van der Waals surface area contributed by atoms with Crippen LogP contribution in [0.3, 0.4) is 0 Å². The molecule has 9 nitrogen and oxygen atoms in total. The topological polar surface area (TPSA) is 142 Å². The zero-order valence-electron chi connectivity index (χ0n) is 18.9. The van der Waals surface area contributed by atoms with Gasteiger partial charge in [0.05, 0.1) is 17.9 Å². The molecule has 0 aliphatic heterocycles. The van der Waals surface area contributed by atoms with E-state index in [1.807, 2.05) is 0 Å². The number of carbonyl (C=O) groups excluding carboxylic acids is 2. The number of carbonyl (C=O) groups is 2. The lowest BCUT2D eigenvalue weighted by molar-refractivity contribution is 0.102. The molecule has 0 atom stereocenters. The molecule has 0 aliphatic carbocycles. The van der Waals surface area contributed by atoms with E-state index >= 15 is 0 Å². The Bertz CT molecular complexity index is 1130. The molecule has 0 fully saturated rings. The van der Waals surface area contributed by atoms with Gasteiger partial charge in [-0.05, 0) is 61.9 Å². The zero-order valence-corrected chi connectivity index (χ0v) is 18.9. The number of nitrogens with one attached hydrogen (secondary N) is 4. The summed E-state index contributed by atoms with van der Waals surface area (Å²) >= 11 is 0. The molecule has 0 unspecified atom stereocenters. The predicted octanol–water partition coefficient (Wildman–Crippen LogP) is 3.25. The van der Waals surface area contributed by atoms with Gasteiger partial charge in [0, 0.05) is 24.4 Å². The highest BCUT2D eigenvalue weighted by Gasteiger charge is 2.17. The summed E-state index contributed by atoms with van der Waals surface area (Å²) in [5, 5.41) is 16.1. The van der Waals surface area contributed by atoms with Crippen LogP contribution in [0.15, 0.2) is 66.9 Å². The molecule has 3 rings (SSSR count). The molecular formula is C25H28N6O3. The lowest BCUT2D eigenvalue weighted by Gasteiger charge is -2.14. The van der Waals surface area contributed by atoms with Crippen molar-refractivity contribution in [2.75, 3.05) is 30.8 Å². The minimum atomic E-state index is -0.431. The summed E-state index contributed by atoms with van der Waals surface area (Å²) in [7, 11) is 1.66. The van der Waals surface area contributed by atoms with Crippen LogP contribution in [0.25, 0.3) is 0 Å². The maximum absolute atomic E-state index is 13.0. The van der Waals surface area contributed by atoms with Crippen LogP contribution in [-0.2, 0) is 0 Å². The van der Waals surface area contributed by atoms with Crippen LogP contribution in [0.2, 0.25) is 0 Å². The first-order valence-electron chi connectivity index (χ1n) is 10.9. The Morgan fingerprint density at radius 3 is 2.41 bits per heavy atom. The molecule has 0 saturated heterocycles. The number of amidine groups is 1. The van der Waals surface area contributed by atoms with Gasteiger partial charge in [-0.1, -0.05) is 18.2 Å². The van der Waals surface area contributed by atoms with E-state index in [1.54, 1.807) is 73.9 Å². The molecule has 2 aromatic carbocycles. The summed E-state index contributed by atoms with van der Waals surface area (Å²) in [6, 6.07) is 16.7. The van der Waals surface area contributed by atoms with Crippen LogP contribution < -0.4 is 26.4 Å². The highest BCUT2D eigenvalue weighted by atomic mass is 16.5. The third-order valence-electron chi connectivity index (χ3n) is 4.94. The molecule has 0 aliphatic rings. The normalized spacial score (nSPS) is 10.3. The molecule has 1 heterocycles. The molecule has 3 aromatic rings. The van der Waals surface area contributed by atoms with E-state index in [0.29, 0.717) is 41.5 Å². The first kappa shape index (κ1) is 24.4. The Balaban J connectivity index is 1.81. The number of unbranched alkanes of at least 4 members (excludes halogenated alkanes) is 1. The van der Waals surface area contributed by atoms with E-state index in [4.69, 9.17) is 15.9 Å². The number of amides is 2. The fourth-order valence-electron chi connectivity index (χ4n) is 3.09. The quantitative estimate of drug-likeness (QED) is 0.179. The van der Waals surface area contributed by atoms with Crippen molar-refractivity contribution in [3.8, 4) is 5.75 Å². The molecule has 0 spiro atoms. The molecule has 0 radical (unpaired) electrons. The van der Waals surface area contributed by atoms with E-state index in [1.165, 1.54) is 0 Å². The van der Waals surface area contributed by atoms with Crippen LogP contribution in [0.4, 0.5) is 11.5 Å². The number of ether oxygens (including phenoxy) is 1. The molecule has 9 heteroatoms. The van der Waals surface area contributed by atoms with Gasteiger partial charge >= 0.3 is 0 Å². The van der Waals surface area contributed by atoms with Crippen molar-refractivity contribution >= 4 is 29.2 Å². The van der Waals surface area contributed by atoms with Crippen molar-refractivity contribution in [3.63, 3.8) is 0 Å². The molecule has 1 aromatic heterocycles. The number of anilines is 2. The van der Waals surface area contributed by atoms with Crippen molar-refractivity contribution < 1.29 is 14.3 Å². The molecular weight excluding hydrogens is 432 g/mol. The third kappa shape index (κ3) is 6.63. The molecule has 2 amide bonds. The van der Waals surface area contributed by atoms with Gasteiger partial charge < -0.3 is 26.4 Å². The number of hydrogen-bond acceptors (Lipinski definition) is 6. The van der Waals surface area contributed by atoms with Gasteiger partial charge in [-0.2, -0.15) is 0 Å². The van der Waals surface area contributed by atoms with Crippen molar-refractivity contribution in [2.45, 2.75) is 12.8 Å². The average Bonchev–Trinajstić information content (AvgIpc) is 2.87. The van der Waals surface area contributed by atoms with Crippen molar-refractivity contribution in [2.24, 2.45) is 5.73 Å². The van der Waals surface area contributed by atoms with Gasteiger partial charge in [-0.15, -0.1) is 0 Å². The number of nitrogens with two attached hydrogens (primary N) is 1. The summed E-state index contributed by atoms with van der Waals surface area (Å²) in [5.41, 5.74) is 7.15. The molecule has 0 bridgehead atoms. The van der Waals surface area contributed by atoms with E-state index in [0.717, 1.165) is 12.8 Å². The first-order chi connectivity index (χ1) is 16.5. The Labute approximate surface area is 198 Å². The van der Waals surface area contributed by atoms with E-state index < -0.39 is 5.91 Å². The lowest BCUT2D eigenvalue weighted by atomic mass is 10.1. The smallest absolute Gasteiger partial charge is 0.259 e. The summed E-state index contributed by atoms with van der Waals surface area (Å²) in [6.07, 6.45) is 3.21. The van der Waals surface area contributed by atoms with Gasteiger partial charge in [0.15, 0.2) is 0 Å². The Morgan fingerprint density at radius 2 is 1.74 bits per heavy atom. The van der Waals surface area contributed by atoms with E-state index in [2.05, 4.69) is 20.9 Å². The number of pyridine rings is 1. The maximum atomic E-state index is 13.0. The molecule has 6 N–H and O–H groups in total. The van der Waals surface area contributed by atoms with Crippen molar-refractivity contribution in [1.82, 2.24) is 10.3 Å². The van der Waals surface area contributed by atoms with Crippen LogP contribution in [-0.4, -0.2) is 42.8 Å². The highest BCUT2D eigenvalue weighted by Crippen LogP contribution is 2.24. The van der Waals surface area contributed by atoms with Gasteiger partial charge in [0.2, 0.25) is 0 Å². The Kier molecular flexibility index (Phi) is 8.70. The standard InChI is InChI=1S/C25H28N6O3/c1-28-23(27)17-7-9-18(10-8-17)24(32)30-21-12-11-19(34-15-5-3-13-26)16-20(21)25(33)31-22-6-2-4-14-29-22/h2,4,6-12,14,16H,3,5,13,15,26H2,1H3,(H2,27,28)(H,30,32)(H,29,31,33). The van der Waals surface area contributed by atoms with E-state index in [9.17, 15) is 9.59 Å². The summed E-state index contributed by atoms with van der Waals surface area (Å²) < 4.78 is 5.75. The van der Waals surface area contributed by atoms with Gasteiger partial charge in [0.25, 0.3) is 11.8 Å².